The highest BCUT2D eigenvalue weighted by atomic mass is 32.2. The predicted octanol–water partition coefficient (Wildman–Crippen LogP) is 2.10. The van der Waals surface area contributed by atoms with Crippen molar-refractivity contribution in [1.82, 2.24) is 10.3 Å². The highest BCUT2D eigenvalue weighted by Gasteiger charge is 2.15. The molecule has 1 unspecified atom stereocenters. The van der Waals surface area contributed by atoms with E-state index in [0.29, 0.717) is 6.04 Å². The van der Waals surface area contributed by atoms with Crippen LogP contribution in [0.15, 0.2) is 23.4 Å². The summed E-state index contributed by atoms with van der Waals surface area (Å²) in [5.74, 6) is 0. The molecule has 0 amide bonds. The van der Waals surface area contributed by atoms with Crippen LogP contribution in [0.3, 0.4) is 0 Å². The zero-order valence-corrected chi connectivity index (χ0v) is 9.31. The molecule has 1 atom stereocenters. The molecule has 1 aromatic rings. The van der Waals surface area contributed by atoms with Crippen LogP contribution in [-0.4, -0.2) is 23.8 Å². The molecule has 0 bridgehead atoms. The lowest BCUT2D eigenvalue weighted by Gasteiger charge is -2.11. The third kappa shape index (κ3) is 2.28. The van der Waals surface area contributed by atoms with E-state index < -0.39 is 0 Å². The van der Waals surface area contributed by atoms with Gasteiger partial charge in [0.2, 0.25) is 0 Å². The third-order valence-electron chi connectivity index (χ3n) is 2.67. The van der Waals surface area contributed by atoms with E-state index in [0.717, 1.165) is 6.42 Å². The van der Waals surface area contributed by atoms with Crippen LogP contribution in [0.1, 0.15) is 18.4 Å². The molecule has 0 aromatic carbocycles. The van der Waals surface area contributed by atoms with Gasteiger partial charge in [0.05, 0.1) is 5.03 Å². The van der Waals surface area contributed by atoms with Gasteiger partial charge >= 0.3 is 0 Å². The third-order valence-corrected chi connectivity index (χ3v) is 3.43. The first-order chi connectivity index (χ1) is 6.90. The average Bonchev–Trinajstić information content (AvgIpc) is 2.71. The second-order valence-electron chi connectivity index (χ2n) is 3.67. The Morgan fingerprint density at radius 2 is 2.57 bits per heavy atom. The summed E-state index contributed by atoms with van der Waals surface area (Å²) in [6, 6.07) is 4.90. The van der Waals surface area contributed by atoms with Gasteiger partial charge in [0.1, 0.15) is 0 Å². The van der Waals surface area contributed by atoms with E-state index in [1.54, 1.807) is 11.8 Å². The van der Waals surface area contributed by atoms with Gasteiger partial charge in [-0.2, -0.15) is 0 Å². The number of pyridine rings is 1. The first-order valence-electron chi connectivity index (χ1n) is 5.11. The summed E-state index contributed by atoms with van der Waals surface area (Å²) in [7, 11) is 0. The van der Waals surface area contributed by atoms with Crippen molar-refractivity contribution in [3.05, 3.63) is 23.9 Å². The number of nitrogens with one attached hydrogen (secondary N) is 1. The lowest BCUT2D eigenvalue weighted by Crippen LogP contribution is -2.23. The fourth-order valence-electron chi connectivity index (χ4n) is 1.96. The van der Waals surface area contributed by atoms with Gasteiger partial charge in [-0.1, -0.05) is 6.07 Å². The largest absolute Gasteiger partial charge is 0.314 e. The Morgan fingerprint density at radius 3 is 3.29 bits per heavy atom. The molecule has 1 aliphatic rings. The van der Waals surface area contributed by atoms with Crippen LogP contribution in [0.25, 0.3) is 0 Å². The van der Waals surface area contributed by atoms with Crippen molar-refractivity contribution in [2.45, 2.75) is 30.3 Å². The van der Waals surface area contributed by atoms with Gasteiger partial charge in [-0.3, -0.25) is 0 Å². The molecule has 0 spiro atoms. The fourth-order valence-corrected chi connectivity index (χ4v) is 2.54. The van der Waals surface area contributed by atoms with E-state index in [2.05, 4.69) is 22.6 Å². The molecule has 14 heavy (non-hydrogen) atoms. The molecular weight excluding hydrogens is 192 g/mol. The SMILES string of the molecule is CSc1ncccc1CC1CCCN1. The molecule has 1 aliphatic heterocycles. The van der Waals surface area contributed by atoms with Crippen LogP contribution < -0.4 is 5.32 Å². The first-order valence-corrected chi connectivity index (χ1v) is 6.34. The van der Waals surface area contributed by atoms with Gasteiger partial charge < -0.3 is 5.32 Å². The topological polar surface area (TPSA) is 24.9 Å². The molecule has 1 N–H and O–H groups in total. The quantitative estimate of drug-likeness (QED) is 0.770. The van der Waals surface area contributed by atoms with Gasteiger partial charge in [-0.05, 0) is 43.7 Å². The minimum atomic E-state index is 0.671. The van der Waals surface area contributed by atoms with Crippen LogP contribution in [-0.2, 0) is 6.42 Å². The summed E-state index contributed by atoms with van der Waals surface area (Å²) in [4.78, 5) is 4.37. The van der Waals surface area contributed by atoms with E-state index in [1.165, 1.54) is 30.0 Å². The normalized spacial score (nSPS) is 21.4. The zero-order chi connectivity index (χ0) is 9.80. The number of rotatable bonds is 3. The molecule has 1 aromatic heterocycles. The Bertz CT molecular complexity index is 295. The summed E-state index contributed by atoms with van der Waals surface area (Å²) in [5, 5.41) is 4.70. The predicted molar refractivity (Wildman–Crippen MR) is 60.7 cm³/mol. The maximum atomic E-state index is 4.37. The zero-order valence-electron chi connectivity index (χ0n) is 8.49. The number of thioether (sulfide) groups is 1. The van der Waals surface area contributed by atoms with Crippen molar-refractivity contribution >= 4 is 11.8 Å². The Kier molecular flexibility index (Phi) is 3.43. The molecule has 2 nitrogen and oxygen atoms in total. The van der Waals surface area contributed by atoms with Crippen molar-refractivity contribution in [2.75, 3.05) is 12.8 Å². The number of aromatic nitrogens is 1. The highest BCUT2D eigenvalue weighted by molar-refractivity contribution is 7.98. The van der Waals surface area contributed by atoms with Crippen molar-refractivity contribution in [3.63, 3.8) is 0 Å². The van der Waals surface area contributed by atoms with E-state index in [9.17, 15) is 0 Å². The molecule has 2 heterocycles. The standard InChI is InChI=1S/C11H16N2S/c1-14-11-9(4-2-7-13-11)8-10-5-3-6-12-10/h2,4,7,10,12H,3,5-6,8H2,1H3. The van der Waals surface area contributed by atoms with E-state index in [4.69, 9.17) is 0 Å². The Balaban J connectivity index is 2.07. The molecule has 2 rings (SSSR count). The van der Waals surface area contributed by atoms with Crippen LogP contribution >= 0.6 is 11.8 Å². The Hall–Kier alpha value is -0.540. The summed E-state index contributed by atoms with van der Waals surface area (Å²) in [5.41, 5.74) is 1.39. The van der Waals surface area contributed by atoms with Gasteiger partial charge in [0.15, 0.2) is 0 Å². The molecule has 0 radical (unpaired) electrons. The van der Waals surface area contributed by atoms with Gasteiger partial charge in [-0.15, -0.1) is 11.8 Å². The average molecular weight is 208 g/mol. The highest BCUT2D eigenvalue weighted by Crippen LogP contribution is 2.20. The van der Waals surface area contributed by atoms with E-state index in [1.807, 2.05) is 12.3 Å². The van der Waals surface area contributed by atoms with E-state index in [-0.39, 0.29) is 0 Å². The Morgan fingerprint density at radius 1 is 1.64 bits per heavy atom. The summed E-state index contributed by atoms with van der Waals surface area (Å²) in [6.45, 7) is 1.18. The van der Waals surface area contributed by atoms with Crippen molar-refractivity contribution in [1.29, 1.82) is 0 Å². The van der Waals surface area contributed by atoms with Crippen LogP contribution in [0.5, 0.6) is 0 Å². The first kappa shape index (κ1) is 9.99. The van der Waals surface area contributed by atoms with Crippen molar-refractivity contribution < 1.29 is 0 Å². The molecule has 0 saturated carbocycles. The van der Waals surface area contributed by atoms with Crippen LogP contribution in [0.4, 0.5) is 0 Å². The fraction of sp³-hybridized carbons (Fsp3) is 0.545. The number of hydrogen-bond acceptors (Lipinski definition) is 3. The lowest BCUT2D eigenvalue weighted by molar-refractivity contribution is 0.596. The minimum absolute atomic E-state index is 0.671. The number of nitrogens with zero attached hydrogens (tertiary/aromatic N) is 1. The van der Waals surface area contributed by atoms with Crippen molar-refractivity contribution in [3.8, 4) is 0 Å². The minimum Gasteiger partial charge on any atom is -0.314 e. The Labute approximate surface area is 89.5 Å². The number of hydrogen-bond donors (Lipinski definition) is 1. The maximum absolute atomic E-state index is 4.37. The summed E-state index contributed by atoms with van der Waals surface area (Å²) < 4.78 is 0. The second-order valence-corrected chi connectivity index (χ2v) is 4.46. The molecule has 76 valence electrons. The lowest BCUT2D eigenvalue weighted by atomic mass is 10.1. The smallest absolute Gasteiger partial charge is 0.0989 e. The molecular formula is C11H16N2S. The van der Waals surface area contributed by atoms with Crippen molar-refractivity contribution in [2.24, 2.45) is 0 Å². The van der Waals surface area contributed by atoms with Gasteiger partial charge in [-0.25, -0.2) is 4.98 Å². The van der Waals surface area contributed by atoms with Gasteiger partial charge in [0.25, 0.3) is 0 Å². The maximum Gasteiger partial charge on any atom is 0.0989 e. The van der Waals surface area contributed by atoms with Crippen LogP contribution in [0, 0.1) is 0 Å². The molecule has 1 fully saturated rings. The van der Waals surface area contributed by atoms with E-state index >= 15 is 0 Å². The van der Waals surface area contributed by atoms with Crippen LogP contribution in [0.2, 0.25) is 0 Å². The molecule has 1 saturated heterocycles. The molecule has 3 heteroatoms. The summed E-state index contributed by atoms with van der Waals surface area (Å²) in [6.07, 6.45) is 7.72. The molecule has 0 aliphatic carbocycles. The summed E-state index contributed by atoms with van der Waals surface area (Å²) >= 11 is 1.74. The second kappa shape index (κ2) is 4.80. The van der Waals surface area contributed by atoms with Gasteiger partial charge in [0, 0.05) is 12.2 Å². The monoisotopic (exact) mass is 208 g/mol.